The van der Waals surface area contributed by atoms with Gasteiger partial charge in [0.15, 0.2) is 0 Å². The number of aromatic nitrogens is 3. The lowest BCUT2D eigenvalue weighted by Gasteiger charge is -2.16. The second kappa shape index (κ2) is 5.84. The lowest BCUT2D eigenvalue weighted by atomic mass is 10.4. The second-order valence-corrected chi connectivity index (χ2v) is 3.77. The van der Waals surface area contributed by atoms with E-state index in [1.165, 1.54) is 0 Å². The Bertz CT molecular complexity index is 414. The third kappa shape index (κ3) is 4.10. The van der Waals surface area contributed by atoms with Crippen LogP contribution in [-0.4, -0.2) is 34.6 Å². The first-order valence-electron chi connectivity index (χ1n) is 5.29. The van der Waals surface area contributed by atoms with Crippen LogP contribution in [-0.2, 0) is 0 Å². The fraction of sp³-hybridized carbons (Fsp3) is 0.600. The average Bonchev–Trinajstić information content (AvgIpc) is 2.24. The Labute approximate surface area is 100 Å². The predicted octanol–water partition coefficient (Wildman–Crippen LogP) is 0.591. The van der Waals surface area contributed by atoms with Crippen LogP contribution in [0.25, 0.3) is 0 Å². The quantitative estimate of drug-likeness (QED) is 0.798. The molecule has 0 saturated heterocycles. The van der Waals surface area contributed by atoms with Crippen LogP contribution in [0.4, 0.5) is 11.9 Å². The van der Waals surface area contributed by atoms with E-state index in [0.717, 1.165) is 0 Å². The molecule has 17 heavy (non-hydrogen) atoms. The van der Waals surface area contributed by atoms with E-state index in [-0.39, 0.29) is 18.1 Å². The number of anilines is 2. The summed E-state index contributed by atoms with van der Waals surface area (Å²) in [6, 6.07) is 2.25. The summed E-state index contributed by atoms with van der Waals surface area (Å²) in [5.41, 5.74) is 5.57. The summed E-state index contributed by atoms with van der Waals surface area (Å²) < 4.78 is 5.36. The van der Waals surface area contributed by atoms with E-state index < -0.39 is 0 Å². The van der Waals surface area contributed by atoms with Crippen molar-refractivity contribution >= 4 is 11.9 Å². The van der Waals surface area contributed by atoms with Crippen LogP contribution >= 0.6 is 0 Å². The van der Waals surface area contributed by atoms with Gasteiger partial charge in [-0.25, -0.2) is 0 Å². The number of nitrogens with two attached hydrogens (primary N) is 1. The van der Waals surface area contributed by atoms with Crippen LogP contribution in [0.1, 0.15) is 20.3 Å². The fourth-order valence-electron chi connectivity index (χ4n) is 1.11. The van der Waals surface area contributed by atoms with Crippen LogP contribution < -0.4 is 15.4 Å². The molecule has 1 rings (SSSR count). The molecule has 0 atom stereocenters. The zero-order valence-corrected chi connectivity index (χ0v) is 10.2. The van der Waals surface area contributed by atoms with Gasteiger partial charge >= 0.3 is 6.01 Å². The van der Waals surface area contributed by atoms with Crippen molar-refractivity contribution < 1.29 is 4.74 Å². The molecule has 1 heterocycles. The molecule has 0 unspecified atom stereocenters. The summed E-state index contributed by atoms with van der Waals surface area (Å²) in [4.78, 5) is 13.7. The van der Waals surface area contributed by atoms with E-state index in [1.54, 1.807) is 11.9 Å². The van der Waals surface area contributed by atoms with Gasteiger partial charge in [0.2, 0.25) is 11.9 Å². The number of nitrogens with zero attached hydrogens (tertiary/aromatic N) is 5. The minimum atomic E-state index is -0.0333. The molecule has 2 N–H and O–H groups in total. The molecule has 0 aliphatic carbocycles. The zero-order chi connectivity index (χ0) is 12.8. The van der Waals surface area contributed by atoms with Gasteiger partial charge in [-0.05, 0) is 13.8 Å². The average molecular weight is 236 g/mol. The maximum atomic E-state index is 8.51. The van der Waals surface area contributed by atoms with Gasteiger partial charge in [0.25, 0.3) is 0 Å². The molecule has 1 aromatic rings. The van der Waals surface area contributed by atoms with Crippen molar-refractivity contribution in [2.75, 3.05) is 24.2 Å². The molecule has 7 heteroatoms. The highest BCUT2D eigenvalue weighted by Crippen LogP contribution is 2.13. The highest BCUT2D eigenvalue weighted by molar-refractivity contribution is 5.35. The number of hydrogen-bond acceptors (Lipinski definition) is 7. The molecule has 0 aliphatic heterocycles. The molecular weight excluding hydrogens is 220 g/mol. The summed E-state index contributed by atoms with van der Waals surface area (Å²) in [6.07, 6.45) is 0.358. The van der Waals surface area contributed by atoms with Crippen molar-refractivity contribution in [1.29, 1.82) is 5.26 Å². The van der Waals surface area contributed by atoms with Crippen LogP contribution in [0.2, 0.25) is 0 Å². The topological polar surface area (TPSA) is 101 Å². The molecule has 1 aromatic heterocycles. The van der Waals surface area contributed by atoms with E-state index in [2.05, 4.69) is 21.0 Å². The van der Waals surface area contributed by atoms with E-state index >= 15 is 0 Å². The van der Waals surface area contributed by atoms with E-state index in [0.29, 0.717) is 18.9 Å². The first kappa shape index (κ1) is 13.0. The van der Waals surface area contributed by atoms with Crippen molar-refractivity contribution in [2.45, 2.75) is 26.4 Å². The van der Waals surface area contributed by atoms with Gasteiger partial charge in [-0.1, -0.05) is 0 Å². The molecule has 0 saturated carbocycles. The molecule has 0 radical (unpaired) electrons. The third-order valence-electron chi connectivity index (χ3n) is 1.86. The lowest BCUT2D eigenvalue weighted by Crippen LogP contribution is -2.22. The molecular formula is C10H16N6O. The maximum Gasteiger partial charge on any atom is 0.323 e. The fourth-order valence-corrected chi connectivity index (χ4v) is 1.11. The SMILES string of the molecule is CC(C)Oc1nc(N)nc(N(C)CCC#N)n1. The Morgan fingerprint density at radius 1 is 1.41 bits per heavy atom. The van der Waals surface area contributed by atoms with Gasteiger partial charge in [0, 0.05) is 13.6 Å². The van der Waals surface area contributed by atoms with Gasteiger partial charge in [-0.3, -0.25) is 0 Å². The zero-order valence-electron chi connectivity index (χ0n) is 10.2. The van der Waals surface area contributed by atoms with Crippen molar-refractivity contribution in [2.24, 2.45) is 0 Å². The first-order valence-corrected chi connectivity index (χ1v) is 5.29. The molecule has 0 bridgehead atoms. The standard InChI is InChI=1S/C10H16N6O/c1-7(2)17-10-14-8(12)13-9(15-10)16(3)6-4-5-11/h7H,4,6H2,1-3H3,(H2,12,13,14,15). The van der Waals surface area contributed by atoms with Crippen molar-refractivity contribution in [3.05, 3.63) is 0 Å². The Hall–Kier alpha value is -2.10. The molecule has 7 nitrogen and oxygen atoms in total. The van der Waals surface area contributed by atoms with Crippen molar-refractivity contribution in [3.63, 3.8) is 0 Å². The molecule has 0 aromatic carbocycles. The Kier molecular flexibility index (Phi) is 4.46. The monoisotopic (exact) mass is 236 g/mol. The van der Waals surface area contributed by atoms with Crippen LogP contribution in [0.15, 0.2) is 0 Å². The Morgan fingerprint density at radius 3 is 2.71 bits per heavy atom. The highest BCUT2D eigenvalue weighted by atomic mass is 16.5. The second-order valence-electron chi connectivity index (χ2n) is 3.77. The summed E-state index contributed by atoms with van der Waals surface area (Å²) in [7, 11) is 1.78. The van der Waals surface area contributed by atoms with Gasteiger partial charge in [-0.2, -0.15) is 20.2 Å². The van der Waals surface area contributed by atoms with Crippen molar-refractivity contribution in [3.8, 4) is 12.1 Å². The van der Waals surface area contributed by atoms with Crippen LogP contribution in [0, 0.1) is 11.3 Å². The highest BCUT2D eigenvalue weighted by Gasteiger charge is 2.10. The van der Waals surface area contributed by atoms with E-state index in [4.69, 9.17) is 15.7 Å². The first-order chi connectivity index (χ1) is 8.02. The Morgan fingerprint density at radius 2 is 2.12 bits per heavy atom. The number of hydrogen-bond donors (Lipinski definition) is 1. The maximum absolute atomic E-state index is 8.51. The van der Waals surface area contributed by atoms with Crippen molar-refractivity contribution in [1.82, 2.24) is 15.0 Å². The van der Waals surface area contributed by atoms with Gasteiger partial charge in [-0.15, -0.1) is 0 Å². The minimum Gasteiger partial charge on any atom is -0.461 e. The number of nitrogen functional groups attached to an aromatic ring is 1. The summed E-state index contributed by atoms with van der Waals surface area (Å²) in [6.45, 7) is 4.28. The van der Waals surface area contributed by atoms with Gasteiger partial charge in [0.1, 0.15) is 0 Å². The van der Waals surface area contributed by atoms with Gasteiger partial charge < -0.3 is 15.4 Å². The molecule has 0 spiro atoms. The largest absolute Gasteiger partial charge is 0.461 e. The van der Waals surface area contributed by atoms with Gasteiger partial charge in [0.05, 0.1) is 18.6 Å². The molecule has 0 fully saturated rings. The molecule has 0 aliphatic rings. The summed E-state index contributed by atoms with van der Waals surface area (Å²) >= 11 is 0. The lowest BCUT2D eigenvalue weighted by molar-refractivity contribution is 0.222. The normalized spacial score (nSPS) is 10.1. The van der Waals surface area contributed by atoms with E-state index in [1.807, 2.05) is 13.8 Å². The molecule has 0 amide bonds. The number of rotatable bonds is 5. The Balaban J connectivity index is 2.85. The minimum absolute atomic E-state index is 0.0333. The third-order valence-corrected chi connectivity index (χ3v) is 1.86. The summed E-state index contributed by atoms with van der Waals surface area (Å²) in [5.74, 6) is 0.512. The smallest absolute Gasteiger partial charge is 0.323 e. The number of ether oxygens (including phenoxy) is 1. The predicted molar refractivity (Wildman–Crippen MR) is 63.5 cm³/mol. The summed E-state index contributed by atoms with van der Waals surface area (Å²) in [5, 5.41) is 8.51. The van der Waals surface area contributed by atoms with Crippen LogP contribution in [0.3, 0.4) is 0 Å². The van der Waals surface area contributed by atoms with E-state index in [9.17, 15) is 0 Å². The molecule has 92 valence electrons. The van der Waals surface area contributed by atoms with Crippen LogP contribution in [0.5, 0.6) is 6.01 Å². The number of nitriles is 1.